The molecule has 1 aromatic rings. The number of aliphatic hydroxyl groups is 1. The molecule has 80 valence electrons. The van der Waals surface area contributed by atoms with E-state index in [0.29, 0.717) is 17.2 Å². The zero-order valence-electron chi connectivity index (χ0n) is 8.43. The number of benzene rings is 1. The van der Waals surface area contributed by atoms with Gasteiger partial charge in [-0.1, -0.05) is 12.1 Å². The van der Waals surface area contributed by atoms with Gasteiger partial charge in [-0.3, -0.25) is 4.79 Å². The lowest BCUT2D eigenvalue weighted by molar-refractivity contribution is 0.0883. The van der Waals surface area contributed by atoms with Crippen LogP contribution < -0.4 is 4.74 Å². The molecule has 1 N–H and O–H groups in total. The molecule has 1 atom stereocenters. The maximum absolute atomic E-state index is 10.7. The van der Waals surface area contributed by atoms with Crippen LogP contribution in [0.3, 0.4) is 0 Å². The Morgan fingerprint density at radius 1 is 1.47 bits per heavy atom. The Morgan fingerprint density at radius 2 is 2.20 bits per heavy atom. The van der Waals surface area contributed by atoms with E-state index in [-0.39, 0.29) is 6.61 Å². The van der Waals surface area contributed by atoms with Crippen LogP contribution in [0.25, 0.3) is 0 Å². The summed E-state index contributed by atoms with van der Waals surface area (Å²) in [5, 5.41) is 9.60. The predicted molar refractivity (Wildman–Crippen MR) is 56.1 cm³/mol. The lowest BCUT2D eigenvalue weighted by Gasteiger charge is -2.12. The van der Waals surface area contributed by atoms with Crippen molar-refractivity contribution in [2.45, 2.75) is 18.9 Å². The van der Waals surface area contributed by atoms with E-state index in [0.717, 1.165) is 19.1 Å². The highest BCUT2D eigenvalue weighted by molar-refractivity contribution is 5.79. The van der Waals surface area contributed by atoms with Crippen molar-refractivity contribution < 1.29 is 14.6 Å². The zero-order valence-corrected chi connectivity index (χ0v) is 8.43. The Morgan fingerprint density at radius 3 is 2.87 bits per heavy atom. The molecule has 1 fully saturated rings. The van der Waals surface area contributed by atoms with E-state index in [9.17, 15) is 9.90 Å². The Hall–Kier alpha value is -1.35. The molecular formula is C12H14O3. The molecule has 0 radical (unpaired) electrons. The van der Waals surface area contributed by atoms with Crippen LogP contribution in [0.1, 0.15) is 23.2 Å². The molecule has 0 aromatic heterocycles. The van der Waals surface area contributed by atoms with Gasteiger partial charge in [0.25, 0.3) is 0 Å². The fourth-order valence-corrected chi connectivity index (χ4v) is 1.50. The lowest BCUT2D eigenvalue weighted by atomic mass is 10.2. The minimum Gasteiger partial charge on any atom is -0.490 e. The van der Waals surface area contributed by atoms with Gasteiger partial charge in [0, 0.05) is 0 Å². The highest BCUT2D eigenvalue weighted by Crippen LogP contribution is 2.32. The molecule has 15 heavy (non-hydrogen) atoms. The summed E-state index contributed by atoms with van der Waals surface area (Å²) in [6, 6.07) is 7.04. The first-order chi connectivity index (χ1) is 7.31. The van der Waals surface area contributed by atoms with Crippen LogP contribution >= 0.6 is 0 Å². The van der Waals surface area contributed by atoms with Gasteiger partial charge >= 0.3 is 0 Å². The van der Waals surface area contributed by atoms with E-state index < -0.39 is 6.10 Å². The smallest absolute Gasteiger partial charge is 0.153 e. The first-order valence-electron chi connectivity index (χ1n) is 5.16. The summed E-state index contributed by atoms with van der Waals surface area (Å²) in [4.78, 5) is 10.7. The monoisotopic (exact) mass is 206 g/mol. The van der Waals surface area contributed by atoms with Crippen LogP contribution in [-0.4, -0.2) is 24.1 Å². The normalized spacial score (nSPS) is 17.1. The van der Waals surface area contributed by atoms with Crippen molar-refractivity contribution in [3.05, 3.63) is 29.8 Å². The maximum atomic E-state index is 10.7. The van der Waals surface area contributed by atoms with Crippen molar-refractivity contribution in [2.24, 2.45) is 5.92 Å². The van der Waals surface area contributed by atoms with Crippen LogP contribution in [0.5, 0.6) is 5.75 Å². The first kappa shape index (κ1) is 10.2. The molecule has 1 aromatic carbocycles. The Bertz CT molecular complexity index is 344. The Balaban J connectivity index is 1.94. The van der Waals surface area contributed by atoms with Crippen molar-refractivity contribution in [3.8, 4) is 5.75 Å². The summed E-state index contributed by atoms with van der Waals surface area (Å²) < 4.78 is 5.41. The molecule has 0 amide bonds. The second-order valence-electron chi connectivity index (χ2n) is 3.87. The summed E-state index contributed by atoms with van der Waals surface area (Å²) in [5.41, 5.74) is 0.528. The molecule has 0 spiro atoms. The number of aliphatic hydroxyl groups excluding tert-OH is 1. The van der Waals surface area contributed by atoms with Gasteiger partial charge in [-0.05, 0) is 30.9 Å². The van der Waals surface area contributed by atoms with Gasteiger partial charge in [0.15, 0.2) is 6.29 Å². The van der Waals surface area contributed by atoms with E-state index >= 15 is 0 Å². The lowest BCUT2D eigenvalue weighted by Crippen LogP contribution is -2.19. The average molecular weight is 206 g/mol. The maximum Gasteiger partial charge on any atom is 0.153 e. The highest BCUT2D eigenvalue weighted by Gasteiger charge is 2.30. The van der Waals surface area contributed by atoms with Crippen LogP contribution in [-0.2, 0) is 0 Å². The molecule has 0 heterocycles. The predicted octanol–water partition coefficient (Wildman–Crippen LogP) is 1.65. The van der Waals surface area contributed by atoms with Crippen molar-refractivity contribution >= 4 is 6.29 Å². The fourth-order valence-electron chi connectivity index (χ4n) is 1.50. The largest absolute Gasteiger partial charge is 0.490 e. The van der Waals surface area contributed by atoms with Gasteiger partial charge in [0.1, 0.15) is 12.4 Å². The van der Waals surface area contributed by atoms with Gasteiger partial charge in [-0.15, -0.1) is 0 Å². The molecule has 0 aliphatic heterocycles. The van der Waals surface area contributed by atoms with E-state index in [4.69, 9.17) is 4.74 Å². The van der Waals surface area contributed by atoms with Gasteiger partial charge < -0.3 is 9.84 Å². The molecule has 0 unspecified atom stereocenters. The molecule has 0 bridgehead atoms. The summed E-state index contributed by atoms with van der Waals surface area (Å²) in [6.45, 7) is 0.273. The quantitative estimate of drug-likeness (QED) is 0.745. The third-order valence-corrected chi connectivity index (χ3v) is 2.62. The number of hydrogen-bond acceptors (Lipinski definition) is 3. The second-order valence-corrected chi connectivity index (χ2v) is 3.87. The molecule has 1 aliphatic rings. The summed E-state index contributed by atoms with van der Waals surface area (Å²) in [6.07, 6.45) is 2.53. The van der Waals surface area contributed by atoms with Crippen LogP contribution in [0.15, 0.2) is 24.3 Å². The third kappa shape index (κ3) is 2.57. The van der Waals surface area contributed by atoms with E-state index in [1.54, 1.807) is 18.2 Å². The minimum absolute atomic E-state index is 0.273. The number of para-hydroxylation sites is 1. The van der Waals surface area contributed by atoms with Crippen molar-refractivity contribution in [1.29, 1.82) is 0 Å². The fraction of sp³-hybridized carbons (Fsp3) is 0.417. The van der Waals surface area contributed by atoms with Gasteiger partial charge in [-0.25, -0.2) is 0 Å². The minimum atomic E-state index is -0.398. The van der Waals surface area contributed by atoms with Crippen molar-refractivity contribution in [2.75, 3.05) is 6.61 Å². The van der Waals surface area contributed by atoms with Crippen LogP contribution in [0, 0.1) is 5.92 Å². The molecule has 3 heteroatoms. The Kier molecular flexibility index (Phi) is 3.02. The molecular weight excluding hydrogens is 192 g/mol. The highest BCUT2D eigenvalue weighted by atomic mass is 16.5. The number of carbonyl (C=O) groups excluding carboxylic acids is 1. The number of hydrogen-bond donors (Lipinski definition) is 1. The van der Waals surface area contributed by atoms with Crippen LogP contribution in [0.4, 0.5) is 0 Å². The number of aldehydes is 1. The summed E-state index contributed by atoms with van der Waals surface area (Å²) in [5.74, 6) is 0.945. The molecule has 0 saturated heterocycles. The second kappa shape index (κ2) is 4.45. The molecule has 3 nitrogen and oxygen atoms in total. The van der Waals surface area contributed by atoms with Gasteiger partial charge in [-0.2, -0.15) is 0 Å². The molecule has 1 saturated carbocycles. The molecule has 1 aliphatic carbocycles. The van der Waals surface area contributed by atoms with Crippen molar-refractivity contribution in [3.63, 3.8) is 0 Å². The van der Waals surface area contributed by atoms with E-state index in [2.05, 4.69) is 0 Å². The first-order valence-corrected chi connectivity index (χ1v) is 5.16. The molecule has 2 rings (SSSR count). The van der Waals surface area contributed by atoms with Crippen molar-refractivity contribution in [1.82, 2.24) is 0 Å². The van der Waals surface area contributed by atoms with Crippen LogP contribution in [0.2, 0.25) is 0 Å². The summed E-state index contributed by atoms with van der Waals surface area (Å²) in [7, 11) is 0. The zero-order chi connectivity index (χ0) is 10.7. The number of carbonyl (C=O) groups is 1. The topological polar surface area (TPSA) is 46.5 Å². The Labute approximate surface area is 88.7 Å². The summed E-state index contributed by atoms with van der Waals surface area (Å²) >= 11 is 0. The standard InChI is InChI=1S/C12H14O3/c13-7-10-3-1-2-4-12(10)15-8-11(14)9-5-6-9/h1-4,7,9,11,14H,5-6,8H2/t11-/m1/s1. The van der Waals surface area contributed by atoms with E-state index in [1.165, 1.54) is 0 Å². The number of rotatable bonds is 5. The van der Waals surface area contributed by atoms with Gasteiger partial charge in [0.2, 0.25) is 0 Å². The average Bonchev–Trinajstić information content (AvgIpc) is 3.10. The number of ether oxygens (including phenoxy) is 1. The van der Waals surface area contributed by atoms with Gasteiger partial charge in [0.05, 0.1) is 11.7 Å². The third-order valence-electron chi connectivity index (χ3n) is 2.62. The van der Waals surface area contributed by atoms with E-state index in [1.807, 2.05) is 6.07 Å². The SMILES string of the molecule is O=Cc1ccccc1OC[C@@H](O)C1CC1.